The second-order valence-corrected chi connectivity index (χ2v) is 7.07. The van der Waals surface area contributed by atoms with Gasteiger partial charge in [-0.25, -0.2) is 4.98 Å². The Hall–Kier alpha value is -2.73. The molecule has 3 aromatic rings. The maximum Gasteiger partial charge on any atom is 0.271 e. The Kier molecular flexibility index (Phi) is 4.67. The third kappa shape index (κ3) is 3.46. The van der Waals surface area contributed by atoms with E-state index in [4.69, 9.17) is 0 Å². The molecule has 1 aromatic carbocycles. The van der Waals surface area contributed by atoms with E-state index in [1.165, 1.54) is 10.9 Å². The molecule has 0 bridgehead atoms. The molecule has 0 saturated carbocycles. The smallest absolute Gasteiger partial charge is 0.271 e. The number of aromatic nitrogens is 3. The number of hydrogen-bond donors (Lipinski definition) is 1. The minimum Gasteiger partial charge on any atom is -0.341 e. The van der Waals surface area contributed by atoms with Crippen molar-refractivity contribution < 1.29 is 4.79 Å². The largest absolute Gasteiger partial charge is 0.341 e. The van der Waals surface area contributed by atoms with Gasteiger partial charge in [-0.1, -0.05) is 24.3 Å². The van der Waals surface area contributed by atoms with Gasteiger partial charge in [0, 0.05) is 44.0 Å². The number of carbonyl (C=O) groups is 1. The van der Waals surface area contributed by atoms with Crippen LogP contribution in [0.1, 0.15) is 16.1 Å². The van der Waals surface area contributed by atoms with Crippen molar-refractivity contribution >= 4 is 16.7 Å². The lowest BCUT2D eigenvalue weighted by atomic mass is 9.96. The molecule has 6 nitrogen and oxygen atoms in total. The summed E-state index contributed by atoms with van der Waals surface area (Å²) in [5, 5.41) is 2.42. The molecule has 0 unspecified atom stereocenters. The van der Waals surface area contributed by atoms with Crippen LogP contribution in [0, 0.1) is 5.92 Å². The van der Waals surface area contributed by atoms with Crippen molar-refractivity contribution in [3.05, 3.63) is 60.4 Å². The Labute approximate surface area is 152 Å². The van der Waals surface area contributed by atoms with E-state index in [-0.39, 0.29) is 5.91 Å². The third-order valence-corrected chi connectivity index (χ3v) is 5.08. The molecule has 3 heterocycles. The van der Waals surface area contributed by atoms with Crippen molar-refractivity contribution in [2.45, 2.75) is 6.42 Å². The number of H-pyrrole nitrogens is 1. The number of nitrogens with zero attached hydrogens (tertiary/aromatic N) is 4. The molecule has 6 heteroatoms. The molecular weight excluding hydrogens is 326 g/mol. The summed E-state index contributed by atoms with van der Waals surface area (Å²) in [5.41, 5.74) is 1.80. The topological polar surface area (TPSA) is 65.1 Å². The van der Waals surface area contributed by atoms with Gasteiger partial charge in [0.05, 0.1) is 12.5 Å². The van der Waals surface area contributed by atoms with Crippen LogP contribution in [0.25, 0.3) is 10.8 Å². The maximum atomic E-state index is 12.8. The number of aromatic amines is 1. The zero-order valence-corrected chi connectivity index (χ0v) is 14.9. The van der Waals surface area contributed by atoms with Crippen LogP contribution >= 0.6 is 0 Å². The molecule has 0 radical (unpaired) electrons. The average Bonchev–Trinajstić information content (AvgIpc) is 3.13. The fourth-order valence-electron chi connectivity index (χ4n) is 3.79. The molecule has 134 valence electrons. The van der Waals surface area contributed by atoms with Crippen LogP contribution < -0.4 is 0 Å². The zero-order chi connectivity index (χ0) is 17.9. The van der Waals surface area contributed by atoms with Crippen LogP contribution in [0.4, 0.5) is 0 Å². The molecule has 0 aliphatic carbocycles. The number of amides is 1. The van der Waals surface area contributed by atoms with Gasteiger partial charge in [0.1, 0.15) is 5.69 Å². The molecule has 1 N–H and O–H groups in total. The predicted octanol–water partition coefficient (Wildman–Crippen LogP) is 2.20. The van der Waals surface area contributed by atoms with Crippen molar-refractivity contribution in [3.63, 3.8) is 0 Å². The minimum absolute atomic E-state index is 0.0267. The number of fused-ring (bicyclic) bond motifs is 1. The first kappa shape index (κ1) is 16.7. The lowest BCUT2D eigenvalue weighted by Crippen LogP contribution is -2.36. The maximum absolute atomic E-state index is 12.8. The second-order valence-electron chi connectivity index (χ2n) is 7.07. The first-order valence-electron chi connectivity index (χ1n) is 8.98. The first-order valence-corrected chi connectivity index (χ1v) is 8.98. The van der Waals surface area contributed by atoms with E-state index in [2.05, 4.69) is 45.1 Å². The third-order valence-electron chi connectivity index (χ3n) is 5.08. The van der Waals surface area contributed by atoms with E-state index in [0.717, 1.165) is 38.0 Å². The van der Waals surface area contributed by atoms with E-state index >= 15 is 0 Å². The van der Waals surface area contributed by atoms with Crippen molar-refractivity contribution in [3.8, 4) is 0 Å². The monoisotopic (exact) mass is 349 g/mol. The van der Waals surface area contributed by atoms with E-state index in [1.54, 1.807) is 12.5 Å². The Balaban J connectivity index is 1.57. The number of carbonyl (C=O) groups excluding carboxylic acids is 1. The number of likely N-dealkylation sites (N-methyl/N-ethyl adjacent to an activating group) is 1. The summed E-state index contributed by atoms with van der Waals surface area (Å²) < 4.78 is 0. The summed E-state index contributed by atoms with van der Waals surface area (Å²) in [6.45, 7) is 3.32. The summed E-state index contributed by atoms with van der Waals surface area (Å²) >= 11 is 0. The predicted molar refractivity (Wildman–Crippen MR) is 101 cm³/mol. The van der Waals surface area contributed by atoms with Crippen molar-refractivity contribution in [2.75, 3.05) is 33.2 Å². The summed E-state index contributed by atoms with van der Waals surface area (Å²) in [6, 6.07) is 8.36. The van der Waals surface area contributed by atoms with Gasteiger partial charge in [0.25, 0.3) is 5.91 Å². The summed E-state index contributed by atoms with van der Waals surface area (Å²) in [4.78, 5) is 28.3. The Morgan fingerprint density at radius 3 is 2.88 bits per heavy atom. The van der Waals surface area contributed by atoms with Crippen LogP contribution in [0.5, 0.6) is 0 Å². The Morgan fingerprint density at radius 2 is 2.04 bits per heavy atom. The Bertz CT molecular complexity index is 887. The lowest BCUT2D eigenvalue weighted by molar-refractivity contribution is 0.0741. The van der Waals surface area contributed by atoms with E-state index < -0.39 is 0 Å². The molecule has 1 aliphatic rings. The SMILES string of the molecule is CN1CCN(C(=O)c2cnc[nH]2)C[C@H](Cc2cncc3ccccc23)C1. The molecule has 1 saturated heterocycles. The molecule has 4 rings (SSSR count). The summed E-state index contributed by atoms with van der Waals surface area (Å²) in [6.07, 6.45) is 7.93. The molecule has 1 atom stereocenters. The number of nitrogens with one attached hydrogen (secondary N) is 1. The number of imidazole rings is 1. The van der Waals surface area contributed by atoms with E-state index in [9.17, 15) is 4.79 Å². The van der Waals surface area contributed by atoms with Crippen LogP contribution in [-0.2, 0) is 6.42 Å². The fourth-order valence-corrected chi connectivity index (χ4v) is 3.79. The van der Waals surface area contributed by atoms with Gasteiger partial charge < -0.3 is 14.8 Å². The van der Waals surface area contributed by atoms with Crippen LogP contribution in [0.3, 0.4) is 0 Å². The first-order chi connectivity index (χ1) is 12.7. The van der Waals surface area contributed by atoms with Crippen molar-refractivity contribution in [1.29, 1.82) is 0 Å². The van der Waals surface area contributed by atoms with Crippen molar-refractivity contribution in [1.82, 2.24) is 24.8 Å². The van der Waals surface area contributed by atoms with Gasteiger partial charge >= 0.3 is 0 Å². The molecular formula is C20H23N5O. The van der Waals surface area contributed by atoms with Gasteiger partial charge in [-0.05, 0) is 30.3 Å². The second kappa shape index (κ2) is 7.25. The number of benzene rings is 1. The summed E-state index contributed by atoms with van der Waals surface area (Å²) in [5.74, 6) is 0.390. The number of hydrogen-bond acceptors (Lipinski definition) is 4. The molecule has 2 aromatic heterocycles. The molecule has 1 aliphatic heterocycles. The minimum atomic E-state index is 0.0267. The zero-order valence-electron chi connectivity index (χ0n) is 14.9. The van der Waals surface area contributed by atoms with Crippen LogP contribution in [0.15, 0.2) is 49.2 Å². The van der Waals surface area contributed by atoms with E-state index in [1.807, 2.05) is 23.4 Å². The quantitative estimate of drug-likeness (QED) is 0.787. The van der Waals surface area contributed by atoms with E-state index in [0.29, 0.717) is 11.6 Å². The molecule has 26 heavy (non-hydrogen) atoms. The summed E-state index contributed by atoms with van der Waals surface area (Å²) in [7, 11) is 2.12. The highest BCUT2D eigenvalue weighted by molar-refractivity contribution is 5.92. The van der Waals surface area contributed by atoms with Crippen molar-refractivity contribution in [2.24, 2.45) is 5.92 Å². The van der Waals surface area contributed by atoms with Gasteiger partial charge in [0.15, 0.2) is 0 Å². The fraction of sp³-hybridized carbons (Fsp3) is 0.350. The average molecular weight is 349 g/mol. The van der Waals surface area contributed by atoms with Gasteiger partial charge in [0.2, 0.25) is 0 Å². The highest BCUT2D eigenvalue weighted by Gasteiger charge is 2.26. The highest BCUT2D eigenvalue weighted by Crippen LogP contribution is 2.22. The van der Waals surface area contributed by atoms with Crippen LogP contribution in [-0.4, -0.2) is 63.9 Å². The van der Waals surface area contributed by atoms with Gasteiger partial charge in [-0.2, -0.15) is 0 Å². The number of rotatable bonds is 3. The molecule has 1 fully saturated rings. The normalized spacial score (nSPS) is 18.8. The molecule has 0 spiro atoms. The lowest BCUT2D eigenvalue weighted by Gasteiger charge is -2.24. The standard InChI is InChI=1S/C20H23N5O/c1-24-6-7-25(20(26)19-11-22-14-23-19)13-15(12-24)8-17-10-21-9-16-4-2-3-5-18(16)17/h2-5,9-11,14-15H,6-8,12-13H2,1H3,(H,22,23)/t15-/m1/s1. The van der Waals surface area contributed by atoms with Crippen LogP contribution in [0.2, 0.25) is 0 Å². The number of pyridine rings is 1. The van der Waals surface area contributed by atoms with Gasteiger partial charge in [-0.15, -0.1) is 0 Å². The highest BCUT2D eigenvalue weighted by atomic mass is 16.2. The molecule has 1 amide bonds. The Morgan fingerprint density at radius 1 is 1.15 bits per heavy atom. The van der Waals surface area contributed by atoms with Gasteiger partial charge in [-0.3, -0.25) is 9.78 Å².